The number of aryl methyl sites for hydroxylation is 1. The predicted molar refractivity (Wildman–Crippen MR) is 104 cm³/mol. The van der Waals surface area contributed by atoms with Crippen LogP contribution in [0.15, 0.2) is 48.7 Å². The van der Waals surface area contributed by atoms with Gasteiger partial charge in [-0.3, -0.25) is 4.79 Å². The van der Waals surface area contributed by atoms with Gasteiger partial charge in [-0.05, 0) is 41.7 Å². The molecule has 1 unspecified atom stereocenters. The third kappa shape index (κ3) is 3.79. The largest absolute Gasteiger partial charge is 0.361 e. The summed E-state index contributed by atoms with van der Waals surface area (Å²) in [7, 11) is 0. The molecule has 0 saturated heterocycles. The lowest BCUT2D eigenvalue weighted by Gasteiger charge is -2.17. The molecular formula is C22H25FN2O. The van der Waals surface area contributed by atoms with Crippen LogP contribution >= 0.6 is 0 Å². The summed E-state index contributed by atoms with van der Waals surface area (Å²) >= 11 is 0. The Morgan fingerprint density at radius 1 is 1.19 bits per heavy atom. The molecule has 2 aromatic carbocycles. The number of carbonyl (C=O) groups is 1. The van der Waals surface area contributed by atoms with E-state index in [1.54, 1.807) is 6.07 Å². The number of aromatic amines is 1. The SMILES string of the molecule is CCCNC(=O)CC(c1cccc(F)c1)c1c[nH]c2c(CC)cccc12. The first-order chi connectivity index (χ1) is 12.6. The number of para-hydroxylation sites is 1. The van der Waals surface area contributed by atoms with Crippen molar-refractivity contribution < 1.29 is 9.18 Å². The van der Waals surface area contributed by atoms with Gasteiger partial charge in [0.05, 0.1) is 0 Å². The molecule has 2 N–H and O–H groups in total. The van der Waals surface area contributed by atoms with Crippen molar-refractivity contribution in [1.29, 1.82) is 0 Å². The van der Waals surface area contributed by atoms with Crippen LogP contribution in [0, 0.1) is 5.82 Å². The van der Waals surface area contributed by atoms with E-state index in [0.717, 1.165) is 34.9 Å². The number of rotatable bonds is 7. The number of aromatic nitrogens is 1. The lowest BCUT2D eigenvalue weighted by Crippen LogP contribution is -2.26. The molecule has 1 amide bonds. The molecule has 4 heteroatoms. The van der Waals surface area contributed by atoms with E-state index >= 15 is 0 Å². The molecule has 3 aromatic rings. The van der Waals surface area contributed by atoms with Gasteiger partial charge in [-0.1, -0.05) is 44.2 Å². The predicted octanol–water partition coefficient (Wildman–Crippen LogP) is 4.92. The second-order valence-electron chi connectivity index (χ2n) is 6.60. The zero-order valence-electron chi connectivity index (χ0n) is 15.3. The van der Waals surface area contributed by atoms with Gasteiger partial charge in [-0.15, -0.1) is 0 Å². The Morgan fingerprint density at radius 3 is 2.73 bits per heavy atom. The van der Waals surface area contributed by atoms with Crippen LogP contribution in [-0.2, 0) is 11.2 Å². The Morgan fingerprint density at radius 2 is 2.00 bits per heavy atom. The molecule has 0 aliphatic heterocycles. The van der Waals surface area contributed by atoms with Crippen LogP contribution in [0.3, 0.4) is 0 Å². The first-order valence-electron chi connectivity index (χ1n) is 9.25. The minimum Gasteiger partial charge on any atom is -0.361 e. The summed E-state index contributed by atoms with van der Waals surface area (Å²) in [6.07, 6.45) is 4.08. The third-order valence-electron chi connectivity index (χ3n) is 4.80. The van der Waals surface area contributed by atoms with Crippen LogP contribution in [0.5, 0.6) is 0 Å². The molecule has 1 atom stereocenters. The lowest BCUT2D eigenvalue weighted by atomic mass is 9.87. The van der Waals surface area contributed by atoms with Gasteiger partial charge in [0.15, 0.2) is 0 Å². The second-order valence-corrected chi connectivity index (χ2v) is 6.60. The van der Waals surface area contributed by atoms with Crippen molar-refractivity contribution in [2.75, 3.05) is 6.54 Å². The number of H-pyrrole nitrogens is 1. The maximum atomic E-state index is 13.8. The van der Waals surface area contributed by atoms with Gasteiger partial charge >= 0.3 is 0 Å². The Kier molecular flexibility index (Phi) is 5.71. The van der Waals surface area contributed by atoms with Crippen LogP contribution < -0.4 is 5.32 Å². The third-order valence-corrected chi connectivity index (χ3v) is 4.80. The molecule has 0 radical (unpaired) electrons. The summed E-state index contributed by atoms with van der Waals surface area (Å²) < 4.78 is 13.8. The Labute approximate surface area is 153 Å². The fourth-order valence-corrected chi connectivity index (χ4v) is 3.47. The van der Waals surface area contributed by atoms with E-state index in [1.165, 1.54) is 17.7 Å². The van der Waals surface area contributed by atoms with E-state index in [2.05, 4.69) is 29.4 Å². The highest BCUT2D eigenvalue weighted by Crippen LogP contribution is 2.34. The monoisotopic (exact) mass is 352 g/mol. The van der Waals surface area contributed by atoms with Crippen molar-refractivity contribution in [3.05, 3.63) is 71.2 Å². The molecule has 0 spiro atoms. The van der Waals surface area contributed by atoms with E-state index in [-0.39, 0.29) is 17.6 Å². The number of benzene rings is 2. The Bertz CT molecular complexity index is 900. The number of hydrogen-bond acceptors (Lipinski definition) is 1. The Balaban J connectivity index is 2.04. The molecule has 0 bridgehead atoms. The van der Waals surface area contributed by atoms with Crippen LogP contribution in [0.2, 0.25) is 0 Å². The fraction of sp³-hybridized carbons (Fsp3) is 0.318. The average molecular weight is 352 g/mol. The topological polar surface area (TPSA) is 44.9 Å². The minimum atomic E-state index is -0.282. The maximum Gasteiger partial charge on any atom is 0.220 e. The molecule has 3 nitrogen and oxygen atoms in total. The number of hydrogen-bond donors (Lipinski definition) is 2. The maximum absolute atomic E-state index is 13.8. The van der Waals surface area contributed by atoms with Gasteiger partial charge in [0, 0.05) is 36.0 Å². The van der Waals surface area contributed by atoms with Gasteiger partial charge in [0.1, 0.15) is 5.82 Å². The van der Waals surface area contributed by atoms with Crippen molar-refractivity contribution in [3.63, 3.8) is 0 Å². The quantitative estimate of drug-likeness (QED) is 0.623. The van der Waals surface area contributed by atoms with Gasteiger partial charge in [-0.2, -0.15) is 0 Å². The van der Waals surface area contributed by atoms with Gasteiger partial charge in [-0.25, -0.2) is 4.39 Å². The zero-order valence-corrected chi connectivity index (χ0v) is 15.3. The summed E-state index contributed by atoms with van der Waals surface area (Å²) in [5.41, 5.74) is 4.19. The average Bonchev–Trinajstić information content (AvgIpc) is 3.08. The zero-order chi connectivity index (χ0) is 18.5. The minimum absolute atomic E-state index is 0.0119. The van der Waals surface area contributed by atoms with Crippen LogP contribution in [-0.4, -0.2) is 17.4 Å². The number of halogens is 1. The first kappa shape index (κ1) is 18.2. The van der Waals surface area contributed by atoms with Crippen LogP contribution in [0.25, 0.3) is 10.9 Å². The molecule has 0 aliphatic carbocycles. The number of amides is 1. The molecule has 1 aromatic heterocycles. The van der Waals surface area contributed by atoms with E-state index < -0.39 is 0 Å². The Hall–Kier alpha value is -2.62. The van der Waals surface area contributed by atoms with E-state index in [9.17, 15) is 9.18 Å². The van der Waals surface area contributed by atoms with Crippen molar-refractivity contribution in [3.8, 4) is 0 Å². The van der Waals surface area contributed by atoms with E-state index in [4.69, 9.17) is 0 Å². The van der Waals surface area contributed by atoms with Crippen molar-refractivity contribution in [1.82, 2.24) is 10.3 Å². The molecule has 0 saturated carbocycles. The summed E-state index contributed by atoms with van der Waals surface area (Å²) in [6, 6.07) is 12.8. The molecular weight excluding hydrogens is 327 g/mol. The summed E-state index contributed by atoms with van der Waals surface area (Å²) in [6.45, 7) is 4.80. The summed E-state index contributed by atoms with van der Waals surface area (Å²) in [5.74, 6) is -0.485. The molecule has 136 valence electrons. The number of carbonyl (C=O) groups excluding carboxylic acids is 1. The van der Waals surface area contributed by atoms with Gasteiger partial charge < -0.3 is 10.3 Å². The van der Waals surface area contributed by atoms with Crippen molar-refractivity contribution in [2.45, 2.75) is 39.0 Å². The van der Waals surface area contributed by atoms with Gasteiger partial charge in [0.25, 0.3) is 0 Å². The van der Waals surface area contributed by atoms with Crippen LogP contribution in [0.1, 0.15) is 49.3 Å². The summed E-state index contributed by atoms with van der Waals surface area (Å²) in [5, 5.41) is 4.04. The second kappa shape index (κ2) is 8.17. The van der Waals surface area contributed by atoms with Gasteiger partial charge in [0.2, 0.25) is 5.91 Å². The fourth-order valence-electron chi connectivity index (χ4n) is 3.47. The summed E-state index contributed by atoms with van der Waals surface area (Å²) in [4.78, 5) is 15.8. The normalized spacial score (nSPS) is 12.3. The van der Waals surface area contributed by atoms with E-state index in [1.807, 2.05) is 25.3 Å². The van der Waals surface area contributed by atoms with E-state index in [0.29, 0.717) is 13.0 Å². The van der Waals surface area contributed by atoms with Crippen molar-refractivity contribution in [2.24, 2.45) is 0 Å². The molecule has 3 rings (SSSR count). The number of fused-ring (bicyclic) bond motifs is 1. The number of nitrogens with one attached hydrogen (secondary N) is 2. The van der Waals surface area contributed by atoms with Crippen LogP contribution in [0.4, 0.5) is 4.39 Å². The first-order valence-corrected chi connectivity index (χ1v) is 9.25. The highest BCUT2D eigenvalue weighted by Gasteiger charge is 2.22. The standard InChI is InChI=1S/C22H25FN2O/c1-3-11-24-21(26)13-19(16-8-5-9-17(23)12-16)20-14-25-22-15(4-2)7-6-10-18(20)22/h5-10,12,14,19,25H,3-4,11,13H2,1-2H3,(H,24,26). The lowest BCUT2D eigenvalue weighted by molar-refractivity contribution is -0.121. The smallest absolute Gasteiger partial charge is 0.220 e. The highest BCUT2D eigenvalue weighted by molar-refractivity contribution is 5.88. The van der Waals surface area contributed by atoms with Crippen molar-refractivity contribution >= 4 is 16.8 Å². The molecule has 0 fully saturated rings. The highest BCUT2D eigenvalue weighted by atomic mass is 19.1. The molecule has 1 heterocycles. The molecule has 26 heavy (non-hydrogen) atoms. The molecule has 0 aliphatic rings.